The minimum atomic E-state index is -0.544. The van der Waals surface area contributed by atoms with Crippen molar-refractivity contribution >= 4 is 39.5 Å². The summed E-state index contributed by atoms with van der Waals surface area (Å²) in [5.74, 6) is 0.405. The second-order valence-electron chi connectivity index (χ2n) is 7.48. The Morgan fingerprint density at radius 2 is 2.08 bits per heavy atom. The molecule has 0 aromatic heterocycles. The van der Waals surface area contributed by atoms with Crippen molar-refractivity contribution in [2.24, 2.45) is 0 Å². The van der Waals surface area contributed by atoms with Gasteiger partial charge in [-0.15, -0.1) is 0 Å². The summed E-state index contributed by atoms with van der Waals surface area (Å²) >= 11 is 9.52. The molecule has 1 aromatic carbocycles. The number of carbonyl (C=O) groups is 2. The molecule has 0 aliphatic carbocycles. The number of ether oxygens (including phenoxy) is 2. The number of hydrogen-bond acceptors (Lipinski definition) is 4. The van der Waals surface area contributed by atoms with E-state index in [1.54, 1.807) is 17.0 Å². The normalized spacial score (nSPS) is 20.5. The third-order valence-corrected chi connectivity index (χ3v) is 5.55. The molecule has 3 rings (SSSR count). The molecule has 0 spiro atoms. The van der Waals surface area contributed by atoms with E-state index in [1.165, 1.54) is 0 Å². The largest absolute Gasteiger partial charge is 0.493 e. The standard InChI is InChI=1S/C18H22BrClN2O4/c1-18(2,3)26-17(24)21-5-6-22-11(10-21)4-7-25-15-9-13(19)14(20)8-12(15)16(22)23/h8-9,11H,4-7,10H2,1-3H3/t11-/m0/s1. The SMILES string of the molecule is CC(C)(C)OC(=O)N1CCN2C(=O)c3cc(Cl)c(Br)cc3OCC[C@H]2C1. The Labute approximate surface area is 166 Å². The fraction of sp³-hybridized carbons (Fsp3) is 0.556. The van der Waals surface area contributed by atoms with Crippen LogP contribution in [-0.4, -0.2) is 59.7 Å². The van der Waals surface area contributed by atoms with Gasteiger partial charge >= 0.3 is 6.09 Å². The first-order valence-electron chi connectivity index (χ1n) is 8.56. The van der Waals surface area contributed by atoms with Crippen molar-refractivity contribution in [3.63, 3.8) is 0 Å². The fourth-order valence-corrected chi connectivity index (χ4v) is 3.62. The van der Waals surface area contributed by atoms with E-state index in [4.69, 9.17) is 21.1 Å². The number of benzene rings is 1. The summed E-state index contributed by atoms with van der Waals surface area (Å²) in [5, 5.41) is 0.463. The molecule has 2 aliphatic heterocycles. The maximum atomic E-state index is 13.0. The number of amides is 2. The lowest BCUT2D eigenvalue weighted by molar-refractivity contribution is 0.00109. The van der Waals surface area contributed by atoms with E-state index in [0.717, 1.165) is 0 Å². The number of piperazine rings is 1. The van der Waals surface area contributed by atoms with Crippen LogP contribution in [0.4, 0.5) is 4.79 Å². The maximum Gasteiger partial charge on any atom is 0.410 e. The van der Waals surface area contributed by atoms with Gasteiger partial charge in [0.25, 0.3) is 5.91 Å². The van der Waals surface area contributed by atoms with E-state index in [2.05, 4.69) is 15.9 Å². The summed E-state index contributed by atoms with van der Waals surface area (Å²) in [6, 6.07) is 3.25. The molecule has 142 valence electrons. The zero-order valence-corrected chi connectivity index (χ0v) is 17.4. The van der Waals surface area contributed by atoms with Gasteiger partial charge in [-0.2, -0.15) is 0 Å². The molecular weight excluding hydrogens is 424 g/mol. The van der Waals surface area contributed by atoms with Crippen molar-refractivity contribution < 1.29 is 19.1 Å². The molecule has 1 aromatic rings. The average Bonchev–Trinajstić information content (AvgIpc) is 2.54. The van der Waals surface area contributed by atoms with Crippen LogP contribution in [0.5, 0.6) is 5.75 Å². The fourth-order valence-electron chi connectivity index (χ4n) is 3.14. The van der Waals surface area contributed by atoms with Crippen LogP contribution in [0.25, 0.3) is 0 Å². The van der Waals surface area contributed by atoms with Crippen LogP contribution in [0.15, 0.2) is 16.6 Å². The number of hydrogen-bond donors (Lipinski definition) is 0. The molecular formula is C18H22BrClN2O4. The quantitative estimate of drug-likeness (QED) is 0.607. The third kappa shape index (κ3) is 4.09. The number of carbonyl (C=O) groups excluding carboxylic acids is 2. The van der Waals surface area contributed by atoms with Gasteiger partial charge in [0.2, 0.25) is 0 Å². The van der Waals surface area contributed by atoms with E-state index >= 15 is 0 Å². The van der Waals surface area contributed by atoms with E-state index < -0.39 is 5.60 Å². The van der Waals surface area contributed by atoms with Gasteiger partial charge in [-0.3, -0.25) is 4.79 Å². The Hall–Kier alpha value is -1.47. The first-order valence-corrected chi connectivity index (χ1v) is 9.73. The van der Waals surface area contributed by atoms with Crippen molar-refractivity contribution in [3.8, 4) is 5.75 Å². The van der Waals surface area contributed by atoms with Gasteiger partial charge in [0.1, 0.15) is 11.4 Å². The lowest BCUT2D eigenvalue weighted by atomic mass is 10.0. The summed E-state index contributed by atoms with van der Waals surface area (Å²) in [7, 11) is 0. The van der Waals surface area contributed by atoms with Crippen LogP contribution in [0.3, 0.4) is 0 Å². The Balaban J connectivity index is 1.79. The van der Waals surface area contributed by atoms with Gasteiger partial charge in [-0.1, -0.05) is 11.6 Å². The molecule has 2 heterocycles. The molecule has 1 atom stereocenters. The molecule has 0 unspecified atom stereocenters. The smallest absolute Gasteiger partial charge is 0.410 e. The van der Waals surface area contributed by atoms with Crippen LogP contribution in [-0.2, 0) is 4.74 Å². The highest BCUT2D eigenvalue weighted by molar-refractivity contribution is 9.10. The summed E-state index contributed by atoms with van der Waals surface area (Å²) in [6.45, 7) is 7.31. The third-order valence-electron chi connectivity index (χ3n) is 4.36. The molecule has 0 N–H and O–H groups in total. The van der Waals surface area contributed by atoms with E-state index in [0.29, 0.717) is 53.5 Å². The van der Waals surface area contributed by atoms with Crippen LogP contribution >= 0.6 is 27.5 Å². The van der Waals surface area contributed by atoms with E-state index in [1.807, 2.05) is 25.7 Å². The molecule has 2 aliphatic rings. The number of nitrogens with zero attached hydrogens (tertiary/aromatic N) is 2. The molecule has 0 bridgehead atoms. The zero-order chi connectivity index (χ0) is 19.1. The summed E-state index contributed by atoms with van der Waals surface area (Å²) in [4.78, 5) is 28.9. The minimum absolute atomic E-state index is 0.112. The van der Waals surface area contributed by atoms with Crippen molar-refractivity contribution in [1.29, 1.82) is 0 Å². The van der Waals surface area contributed by atoms with Gasteiger partial charge < -0.3 is 19.3 Å². The van der Waals surface area contributed by atoms with Gasteiger partial charge in [0, 0.05) is 30.5 Å². The van der Waals surface area contributed by atoms with Gasteiger partial charge in [-0.25, -0.2) is 4.79 Å². The molecule has 2 amide bonds. The molecule has 1 saturated heterocycles. The van der Waals surface area contributed by atoms with Crippen LogP contribution in [0.2, 0.25) is 5.02 Å². The molecule has 0 radical (unpaired) electrons. The topological polar surface area (TPSA) is 59.1 Å². The van der Waals surface area contributed by atoms with Crippen LogP contribution in [0.1, 0.15) is 37.6 Å². The highest BCUT2D eigenvalue weighted by Gasteiger charge is 2.36. The summed E-state index contributed by atoms with van der Waals surface area (Å²) in [6.07, 6.45) is 0.296. The highest BCUT2D eigenvalue weighted by Crippen LogP contribution is 2.34. The summed E-state index contributed by atoms with van der Waals surface area (Å²) in [5.41, 5.74) is -0.0921. The predicted molar refractivity (Wildman–Crippen MR) is 102 cm³/mol. The second kappa shape index (κ2) is 7.27. The van der Waals surface area contributed by atoms with E-state index in [9.17, 15) is 9.59 Å². The number of rotatable bonds is 0. The van der Waals surface area contributed by atoms with Crippen molar-refractivity contribution in [2.75, 3.05) is 26.2 Å². The number of fused-ring (bicyclic) bond motifs is 2. The zero-order valence-electron chi connectivity index (χ0n) is 15.1. The van der Waals surface area contributed by atoms with E-state index in [-0.39, 0.29) is 18.0 Å². The first kappa shape index (κ1) is 19.3. The second-order valence-corrected chi connectivity index (χ2v) is 8.74. The molecule has 6 nitrogen and oxygen atoms in total. The number of halogens is 2. The van der Waals surface area contributed by atoms with Gasteiger partial charge in [-0.05, 0) is 48.8 Å². The monoisotopic (exact) mass is 444 g/mol. The maximum absolute atomic E-state index is 13.0. The van der Waals surface area contributed by atoms with Gasteiger partial charge in [0.05, 0.1) is 23.2 Å². The highest BCUT2D eigenvalue weighted by atomic mass is 79.9. The molecule has 8 heteroatoms. The van der Waals surface area contributed by atoms with Crippen molar-refractivity contribution in [3.05, 3.63) is 27.2 Å². The molecule has 0 saturated carbocycles. The molecule has 1 fully saturated rings. The van der Waals surface area contributed by atoms with Crippen LogP contribution in [0, 0.1) is 0 Å². The van der Waals surface area contributed by atoms with Crippen molar-refractivity contribution in [1.82, 2.24) is 9.80 Å². The first-order chi connectivity index (χ1) is 12.2. The van der Waals surface area contributed by atoms with Crippen molar-refractivity contribution in [2.45, 2.75) is 38.8 Å². The Kier molecular flexibility index (Phi) is 5.40. The Bertz CT molecular complexity index is 735. The lowest BCUT2D eigenvalue weighted by Gasteiger charge is -2.42. The average molecular weight is 446 g/mol. The Morgan fingerprint density at radius 3 is 2.77 bits per heavy atom. The lowest BCUT2D eigenvalue weighted by Crippen LogP contribution is -2.58. The summed E-state index contributed by atoms with van der Waals surface area (Å²) < 4.78 is 11.9. The predicted octanol–water partition coefficient (Wildman–Crippen LogP) is 3.95. The van der Waals surface area contributed by atoms with Crippen LogP contribution < -0.4 is 4.74 Å². The molecule has 26 heavy (non-hydrogen) atoms. The minimum Gasteiger partial charge on any atom is -0.493 e. The Morgan fingerprint density at radius 1 is 1.35 bits per heavy atom. The van der Waals surface area contributed by atoms with Gasteiger partial charge in [0.15, 0.2) is 0 Å².